The minimum atomic E-state index is -1.15. The van der Waals surface area contributed by atoms with E-state index in [1.54, 1.807) is 32.0 Å². The predicted octanol–water partition coefficient (Wildman–Crippen LogP) is 3.19. The van der Waals surface area contributed by atoms with E-state index in [4.69, 9.17) is 23.0 Å². The van der Waals surface area contributed by atoms with Gasteiger partial charge in [0, 0.05) is 30.7 Å². The van der Waals surface area contributed by atoms with Gasteiger partial charge in [0.1, 0.15) is 12.2 Å². The lowest BCUT2D eigenvalue weighted by atomic mass is 10.0. The first-order valence-electron chi connectivity index (χ1n) is 8.61. The van der Waals surface area contributed by atoms with Crippen LogP contribution in [0, 0.1) is 0 Å². The molecule has 1 atom stereocenters. The molecule has 0 fully saturated rings. The van der Waals surface area contributed by atoms with Crippen molar-refractivity contribution in [1.82, 2.24) is 0 Å². The number of hydrogen-bond donors (Lipinski definition) is 0. The van der Waals surface area contributed by atoms with E-state index in [-0.39, 0.29) is 17.9 Å². The van der Waals surface area contributed by atoms with Crippen molar-refractivity contribution in [2.24, 2.45) is 0 Å². The Morgan fingerprint density at radius 1 is 1.07 bits per heavy atom. The quantitative estimate of drug-likeness (QED) is 0.468. The van der Waals surface area contributed by atoms with Crippen molar-refractivity contribution < 1.29 is 32.6 Å². The molecule has 2 aromatic heterocycles. The zero-order chi connectivity index (χ0) is 20.5. The molecule has 0 amide bonds. The van der Waals surface area contributed by atoms with E-state index in [0.29, 0.717) is 11.0 Å². The lowest BCUT2D eigenvalue weighted by molar-refractivity contribution is -0.181. The highest BCUT2D eigenvalue weighted by molar-refractivity contribution is 5.99. The average Bonchev–Trinajstić information content (AvgIpc) is 3.04. The molecule has 1 unspecified atom stereocenters. The van der Waals surface area contributed by atoms with Gasteiger partial charge in [0.05, 0.1) is 6.26 Å². The summed E-state index contributed by atoms with van der Waals surface area (Å²) in [6.45, 7) is 5.57. The van der Waals surface area contributed by atoms with E-state index in [2.05, 4.69) is 0 Å². The number of fused-ring (bicyclic) bond motifs is 2. The molecule has 0 bridgehead atoms. The van der Waals surface area contributed by atoms with Gasteiger partial charge < -0.3 is 23.0 Å². The van der Waals surface area contributed by atoms with Gasteiger partial charge in [-0.05, 0) is 32.0 Å². The first-order chi connectivity index (χ1) is 13.2. The molecule has 8 nitrogen and oxygen atoms in total. The van der Waals surface area contributed by atoms with Gasteiger partial charge in [-0.3, -0.25) is 9.59 Å². The van der Waals surface area contributed by atoms with Crippen molar-refractivity contribution in [1.29, 1.82) is 0 Å². The Kier molecular flexibility index (Phi) is 5.13. The summed E-state index contributed by atoms with van der Waals surface area (Å²) in [5.74, 6) is -0.876. The largest absolute Gasteiger partial charge is 0.482 e. The number of esters is 2. The Morgan fingerprint density at radius 3 is 2.46 bits per heavy atom. The van der Waals surface area contributed by atoms with Gasteiger partial charge in [0.15, 0.2) is 17.3 Å². The van der Waals surface area contributed by atoms with Crippen molar-refractivity contribution in [3.63, 3.8) is 0 Å². The number of ether oxygens (including phenoxy) is 3. The second-order valence-electron chi connectivity index (χ2n) is 6.82. The maximum atomic E-state index is 11.7. The summed E-state index contributed by atoms with van der Waals surface area (Å²) in [6, 6.07) is 6.48. The minimum Gasteiger partial charge on any atom is -0.482 e. The van der Waals surface area contributed by atoms with Crippen LogP contribution >= 0.6 is 0 Å². The maximum absolute atomic E-state index is 11.7. The van der Waals surface area contributed by atoms with E-state index in [0.717, 1.165) is 5.39 Å². The van der Waals surface area contributed by atoms with Crippen molar-refractivity contribution in [3.8, 4) is 5.75 Å². The van der Waals surface area contributed by atoms with E-state index < -0.39 is 29.3 Å². The minimum absolute atomic E-state index is 0.159. The molecule has 2 heterocycles. The van der Waals surface area contributed by atoms with Crippen molar-refractivity contribution >= 4 is 33.9 Å². The molecule has 0 aliphatic carbocycles. The van der Waals surface area contributed by atoms with Crippen molar-refractivity contribution in [2.45, 2.75) is 39.4 Å². The van der Waals surface area contributed by atoms with Gasteiger partial charge in [0.25, 0.3) is 0 Å². The predicted molar refractivity (Wildman–Crippen MR) is 99.2 cm³/mol. The Labute approximate surface area is 160 Å². The highest BCUT2D eigenvalue weighted by Crippen LogP contribution is 2.35. The number of hydrogen-bond acceptors (Lipinski definition) is 8. The maximum Gasteiger partial charge on any atom is 0.336 e. The average molecular weight is 388 g/mol. The summed E-state index contributed by atoms with van der Waals surface area (Å²) in [5.41, 5.74) is -1.10. The van der Waals surface area contributed by atoms with Crippen LogP contribution in [0.25, 0.3) is 21.9 Å². The molecule has 0 N–H and O–H groups in total. The Hall–Kier alpha value is -3.29. The monoisotopic (exact) mass is 388 g/mol. The SMILES string of the molecule is CC(=O)OC(COc1c2occc2cc2ccc(=O)oc12)C(C)(C)OC(C)=O. The lowest BCUT2D eigenvalue weighted by Crippen LogP contribution is -2.46. The Balaban J connectivity index is 2.00. The second-order valence-corrected chi connectivity index (χ2v) is 6.82. The summed E-state index contributed by atoms with van der Waals surface area (Å²) in [5, 5.41) is 1.39. The fourth-order valence-corrected chi connectivity index (χ4v) is 2.91. The molecule has 0 saturated heterocycles. The van der Waals surface area contributed by atoms with Crippen LogP contribution < -0.4 is 10.4 Å². The van der Waals surface area contributed by atoms with E-state index in [9.17, 15) is 14.4 Å². The van der Waals surface area contributed by atoms with Crippen LogP contribution in [0.1, 0.15) is 27.7 Å². The molecular formula is C20H20O8. The van der Waals surface area contributed by atoms with Gasteiger partial charge in [0.2, 0.25) is 5.75 Å². The van der Waals surface area contributed by atoms with Crippen LogP contribution in [0.3, 0.4) is 0 Å². The van der Waals surface area contributed by atoms with Crippen molar-refractivity contribution in [3.05, 3.63) is 40.9 Å². The fourth-order valence-electron chi connectivity index (χ4n) is 2.91. The fraction of sp³-hybridized carbons (Fsp3) is 0.350. The van der Waals surface area contributed by atoms with Crippen LogP contribution in [0.5, 0.6) is 5.75 Å². The Bertz CT molecular complexity index is 1090. The van der Waals surface area contributed by atoms with E-state index >= 15 is 0 Å². The van der Waals surface area contributed by atoms with E-state index in [1.165, 1.54) is 26.2 Å². The lowest BCUT2D eigenvalue weighted by Gasteiger charge is -2.32. The number of carbonyl (C=O) groups excluding carboxylic acids is 2. The molecule has 1 aromatic carbocycles. The standard InChI is InChI=1S/C20H20O8/c1-11(21)26-15(20(3,4)28-12(2)22)10-25-19-17-14(7-8-24-17)9-13-5-6-16(23)27-18(13)19/h5-9,15H,10H2,1-4H3. The van der Waals surface area contributed by atoms with Crippen LogP contribution in [0.15, 0.2) is 44.2 Å². The number of furan rings is 1. The third-order valence-electron chi connectivity index (χ3n) is 4.15. The zero-order valence-corrected chi connectivity index (χ0v) is 15.9. The zero-order valence-electron chi connectivity index (χ0n) is 15.9. The summed E-state index contributed by atoms with van der Waals surface area (Å²) in [7, 11) is 0. The highest BCUT2D eigenvalue weighted by Gasteiger charge is 2.36. The first-order valence-corrected chi connectivity index (χ1v) is 8.61. The van der Waals surface area contributed by atoms with Gasteiger partial charge in [-0.1, -0.05) is 0 Å². The second kappa shape index (κ2) is 7.38. The van der Waals surface area contributed by atoms with Gasteiger partial charge in [-0.2, -0.15) is 0 Å². The molecule has 28 heavy (non-hydrogen) atoms. The molecule has 8 heteroatoms. The van der Waals surface area contributed by atoms with Gasteiger partial charge >= 0.3 is 17.6 Å². The molecule has 3 rings (SSSR count). The molecule has 148 valence electrons. The van der Waals surface area contributed by atoms with Crippen molar-refractivity contribution in [2.75, 3.05) is 6.61 Å². The Morgan fingerprint density at radius 2 is 1.79 bits per heavy atom. The van der Waals surface area contributed by atoms with Crippen LogP contribution in [0.4, 0.5) is 0 Å². The topological polar surface area (TPSA) is 105 Å². The highest BCUT2D eigenvalue weighted by atomic mass is 16.6. The number of rotatable bonds is 6. The van der Waals surface area contributed by atoms with E-state index in [1.807, 2.05) is 0 Å². The molecule has 0 radical (unpaired) electrons. The smallest absolute Gasteiger partial charge is 0.336 e. The molecular weight excluding hydrogens is 368 g/mol. The molecule has 3 aromatic rings. The summed E-state index contributed by atoms with van der Waals surface area (Å²) >= 11 is 0. The molecule has 0 aliphatic rings. The van der Waals surface area contributed by atoms with Gasteiger partial charge in [-0.15, -0.1) is 0 Å². The number of benzene rings is 1. The summed E-state index contributed by atoms with van der Waals surface area (Å²) in [4.78, 5) is 34.6. The number of carbonyl (C=O) groups is 2. The van der Waals surface area contributed by atoms with Crippen LogP contribution in [-0.4, -0.2) is 30.3 Å². The van der Waals surface area contributed by atoms with Gasteiger partial charge in [-0.25, -0.2) is 4.79 Å². The third kappa shape index (κ3) is 4.00. The molecule has 0 spiro atoms. The third-order valence-corrected chi connectivity index (χ3v) is 4.15. The molecule has 0 aliphatic heterocycles. The summed E-state index contributed by atoms with van der Waals surface area (Å²) in [6.07, 6.45) is 0.575. The normalized spacial score (nSPS) is 12.7. The van der Waals surface area contributed by atoms with Crippen LogP contribution in [-0.2, 0) is 19.1 Å². The molecule has 0 saturated carbocycles. The van der Waals surface area contributed by atoms with Crippen LogP contribution in [0.2, 0.25) is 0 Å². The first kappa shape index (κ1) is 19.5. The summed E-state index contributed by atoms with van der Waals surface area (Å²) < 4.78 is 27.2.